The molecule has 0 radical (unpaired) electrons. The van der Waals surface area contributed by atoms with Crippen LogP contribution in [0.5, 0.6) is 0 Å². The van der Waals surface area contributed by atoms with Crippen LogP contribution in [0.3, 0.4) is 0 Å². The molecule has 0 amide bonds. The summed E-state index contributed by atoms with van der Waals surface area (Å²) in [4.78, 5) is 0. The Morgan fingerprint density at radius 1 is 1.24 bits per heavy atom. The highest BCUT2D eigenvalue weighted by Gasteiger charge is 2.13. The van der Waals surface area contributed by atoms with Gasteiger partial charge in [-0.25, -0.2) is 4.68 Å². The summed E-state index contributed by atoms with van der Waals surface area (Å²) in [5.74, 6) is 0.483. The van der Waals surface area contributed by atoms with Crippen LogP contribution in [0, 0.1) is 20.8 Å². The molecule has 0 N–H and O–H groups in total. The summed E-state index contributed by atoms with van der Waals surface area (Å²) in [6.45, 7) is 6.04. The van der Waals surface area contributed by atoms with Crippen molar-refractivity contribution in [1.29, 1.82) is 0 Å². The smallest absolute Gasteiger partial charge is 0.0692 e. The van der Waals surface area contributed by atoms with Gasteiger partial charge in [0.2, 0.25) is 0 Å². The van der Waals surface area contributed by atoms with E-state index in [0.29, 0.717) is 10.9 Å². The fourth-order valence-corrected chi connectivity index (χ4v) is 2.47. The number of halogens is 2. The van der Waals surface area contributed by atoms with Gasteiger partial charge < -0.3 is 0 Å². The summed E-state index contributed by atoms with van der Waals surface area (Å²) in [6, 6.07) is 5.80. The molecule has 2 aromatic rings. The summed E-state index contributed by atoms with van der Waals surface area (Å²) in [7, 11) is 0. The average molecular weight is 269 g/mol. The minimum atomic E-state index is 0.483. The van der Waals surface area contributed by atoms with E-state index in [4.69, 9.17) is 23.2 Å². The van der Waals surface area contributed by atoms with E-state index in [2.05, 4.69) is 5.10 Å². The molecule has 0 aliphatic heterocycles. The number of rotatable bonds is 2. The number of hydrogen-bond donors (Lipinski definition) is 0. The van der Waals surface area contributed by atoms with Crippen molar-refractivity contribution in [3.8, 4) is 5.69 Å². The van der Waals surface area contributed by atoms with Crippen molar-refractivity contribution in [2.24, 2.45) is 0 Å². The molecule has 0 atom stereocenters. The second kappa shape index (κ2) is 4.71. The van der Waals surface area contributed by atoms with Crippen LogP contribution in [0.25, 0.3) is 5.69 Å². The van der Waals surface area contributed by atoms with Crippen molar-refractivity contribution in [3.63, 3.8) is 0 Å². The fraction of sp³-hybridized carbons (Fsp3) is 0.308. The maximum atomic E-state index is 6.03. The van der Waals surface area contributed by atoms with Crippen molar-refractivity contribution >= 4 is 23.2 Å². The number of benzene rings is 1. The lowest BCUT2D eigenvalue weighted by Gasteiger charge is -2.08. The maximum absolute atomic E-state index is 6.03. The Balaban J connectivity index is 2.64. The first-order valence-electron chi connectivity index (χ1n) is 5.42. The number of aryl methyl sites for hydroxylation is 2. The van der Waals surface area contributed by atoms with Crippen LogP contribution in [0.15, 0.2) is 18.2 Å². The lowest BCUT2D eigenvalue weighted by molar-refractivity contribution is 0.827. The largest absolute Gasteiger partial charge is 0.237 e. The fourth-order valence-electron chi connectivity index (χ4n) is 1.91. The Kier molecular flexibility index (Phi) is 3.45. The molecular formula is C13H14Cl2N2. The van der Waals surface area contributed by atoms with Gasteiger partial charge in [-0.3, -0.25) is 0 Å². The summed E-state index contributed by atoms with van der Waals surface area (Å²) in [6.07, 6.45) is 0. The Morgan fingerprint density at radius 3 is 2.53 bits per heavy atom. The van der Waals surface area contributed by atoms with Crippen LogP contribution in [0.1, 0.15) is 22.5 Å². The number of alkyl halides is 1. The van der Waals surface area contributed by atoms with Crippen LogP contribution in [-0.2, 0) is 5.88 Å². The van der Waals surface area contributed by atoms with E-state index < -0.39 is 0 Å². The SMILES string of the molecule is Cc1ccc(Cl)cc1-n1nc(C)c(CCl)c1C. The van der Waals surface area contributed by atoms with E-state index in [1.54, 1.807) is 0 Å². The van der Waals surface area contributed by atoms with Crippen molar-refractivity contribution in [3.05, 3.63) is 45.7 Å². The highest BCUT2D eigenvalue weighted by atomic mass is 35.5. The molecule has 0 bridgehead atoms. The zero-order chi connectivity index (χ0) is 12.6. The van der Waals surface area contributed by atoms with Gasteiger partial charge in [0, 0.05) is 16.3 Å². The van der Waals surface area contributed by atoms with E-state index in [9.17, 15) is 0 Å². The first-order chi connectivity index (χ1) is 8.04. The van der Waals surface area contributed by atoms with Gasteiger partial charge in [0.05, 0.1) is 17.3 Å². The predicted octanol–water partition coefficient (Wildman–Crippen LogP) is 4.19. The van der Waals surface area contributed by atoms with Gasteiger partial charge >= 0.3 is 0 Å². The van der Waals surface area contributed by atoms with E-state index in [0.717, 1.165) is 28.2 Å². The molecule has 0 saturated carbocycles. The Bertz CT molecular complexity index is 559. The zero-order valence-corrected chi connectivity index (χ0v) is 11.6. The van der Waals surface area contributed by atoms with Crippen LogP contribution < -0.4 is 0 Å². The van der Waals surface area contributed by atoms with E-state index in [1.807, 2.05) is 43.7 Å². The first-order valence-corrected chi connectivity index (χ1v) is 6.33. The van der Waals surface area contributed by atoms with Crippen LogP contribution >= 0.6 is 23.2 Å². The molecule has 2 rings (SSSR count). The molecule has 0 aliphatic carbocycles. The Morgan fingerprint density at radius 2 is 1.94 bits per heavy atom. The Hall–Kier alpha value is -0.990. The third-order valence-corrected chi connectivity index (χ3v) is 3.48. The molecule has 17 heavy (non-hydrogen) atoms. The highest BCUT2D eigenvalue weighted by molar-refractivity contribution is 6.30. The first kappa shape index (κ1) is 12.5. The van der Waals surface area contributed by atoms with Gasteiger partial charge in [0.25, 0.3) is 0 Å². The second-order valence-electron chi connectivity index (χ2n) is 4.13. The minimum absolute atomic E-state index is 0.483. The van der Waals surface area contributed by atoms with Gasteiger partial charge in [0.15, 0.2) is 0 Å². The number of aromatic nitrogens is 2. The molecule has 4 heteroatoms. The summed E-state index contributed by atoms with van der Waals surface area (Å²) in [5.41, 5.74) is 5.28. The van der Waals surface area contributed by atoms with E-state index >= 15 is 0 Å². The quantitative estimate of drug-likeness (QED) is 0.747. The van der Waals surface area contributed by atoms with Gasteiger partial charge in [-0.05, 0) is 38.5 Å². The summed E-state index contributed by atoms with van der Waals surface area (Å²) in [5, 5.41) is 5.24. The van der Waals surface area contributed by atoms with Crippen molar-refractivity contribution in [2.45, 2.75) is 26.7 Å². The van der Waals surface area contributed by atoms with Gasteiger partial charge in [-0.1, -0.05) is 17.7 Å². The summed E-state index contributed by atoms with van der Waals surface area (Å²) < 4.78 is 1.91. The molecule has 0 fully saturated rings. The summed E-state index contributed by atoms with van der Waals surface area (Å²) >= 11 is 12.0. The van der Waals surface area contributed by atoms with Crippen molar-refractivity contribution in [1.82, 2.24) is 9.78 Å². The lowest BCUT2D eigenvalue weighted by Crippen LogP contribution is -2.01. The van der Waals surface area contributed by atoms with E-state index in [1.165, 1.54) is 0 Å². The predicted molar refractivity (Wildman–Crippen MR) is 72.3 cm³/mol. The zero-order valence-electron chi connectivity index (χ0n) is 10.1. The molecule has 0 aliphatic rings. The molecule has 2 nitrogen and oxygen atoms in total. The lowest BCUT2D eigenvalue weighted by atomic mass is 10.2. The van der Waals surface area contributed by atoms with Crippen molar-refractivity contribution in [2.75, 3.05) is 0 Å². The standard InChI is InChI=1S/C13H14Cl2N2/c1-8-4-5-11(15)6-13(8)17-10(3)12(7-14)9(2)16-17/h4-6H,7H2,1-3H3. The monoisotopic (exact) mass is 268 g/mol. The maximum Gasteiger partial charge on any atom is 0.0692 e. The highest BCUT2D eigenvalue weighted by Crippen LogP contribution is 2.24. The molecule has 1 aromatic heterocycles. The third kappa shape index (κ3) is 2.20. The molecule has 0 unspecified atom stereocenters. The van der Waals surface area contributed by atoms with Crippen LogP contribution in [0.2, 0.25) is 5.02 Å². The Labute approximate surface area is 111 Å². The molecule has 0 saturated heterocycles. The molecule has 1 heterocycles. The second-order valence-corrected chi connectivity index (χ2v) is 4.83. The van der Waals surface area contributed by atoms with Gasteiger partial charge in [-0.15, -0.1) is 11.6 Å². The number of nitrogens with zero attached hydrogens (tertiary/aromatic N) is 2. The number of hydrogen-bond acceptors (Lipinski definition) is 1. The van der Waals surface area contributed by atoms with E-state index in [-0.39, 0.29) is 0 Å². The molecule has 1 aromatic carbocycles. The van der Waals surface area contributed by atoms with Gasteiger partial charge in [-0.2, -0.15) is 5.10 Å². The van der Waals surface area contributed by atoms with Gasteiger partial charge in [0.1, 0.15) is 0 Å². The normalized spacial score (nSPS) is 10.9. The topological polar surface area (TPSA) is 17.8 Å². The third-order valence-electron chi connectivity index (χ3n) is 2.97. The average Bonchev–Trinajstić information content (AvgIpc) is 2.57. The minimum Gasteiger partial charge on any atom is -0.237 e. The van der Waals surface area contributed by atoms with Crippen LogP contribution in [0.4, 0.5) is 0 Å². The van der Waals surface area contributed by atoms with Crippen molar-refractivity contribution < 1.29 is 0 Å². The molecular weight excluding hydrogens is 255 g/mol. The molecule has 0 spiro atoms. The molecule has 90 valence electrons. The van der Waals surface area contributed by atoms with Crippen LogP contribution in [-0.4, -0.2) is 9.78 Å².